The van der Waals surface area contributed by atoms with Crippen LogP contribution in [0.25, 0.3) is 0 Å². The van der Waals surface area contributed by atoms with E-state index in [-0.39, 0.29) is 16.5 Å². The maximum atomic E-state index is 9.66. The molecule has 0 unspecified atom stereocenters. The van der Waals surface area contributed by atoms with Crippen molar-refractivity contribution in [2.75, 3.05) is 7.11 Å². The summed E-state index contributed by atoms with van der Waals surface area (Å²) in [5.41, 5.74) is 4.30. The van der Waals surface area contributed by atoms with E-state index in [0.717, 1.165) is 5.56 Å². The lowest BCUT2D eigenvalue weighted by molar-refractivity contribution is 0.373. The van der Waals surface area contributed by atoms with Gasteiger partial charge in [0.05, 0.1) is 24.9 Å². The molecule has 0 radical (unpaired) electrons. The van der Waals surface area contributed by atoms with E-state index in [4.69, 9.17) is 39.5 Å². The van der Waals surface area contributed by atoms with Crippen molar-refractivity contribution in [3.8, 4) is 11.5 Å². The maximum Gasteiger partial charge on any atom is 0.176 e. The van der Waals surface area contributed by atoms with Gasteiger partial charge >= 0.3 is 0 Å². The lowest BCUT2D eigenvalue weighted by Gasteiger charge is -2.07. The zero-order valence-corrected chi connectivity index (χ0v) is 13.9. The molecule has 0 saturated heterocycles. The molecule has 0 spiro atoms. The number of hydrogen-bond acceptors (Lipinski definition) is 4. The first kappa shape index (κ1) is 16.7. The van der Waals surface area contributed by atoms with E-state index in [2.05, 4.69) is 10.5 Å². The Labute approximate surface area is 143 Å². The maximum absolute atomic E-state index is 9.66. The highest BCUT2D eigenvalue weighted by Gasteiger charge is 2.08. The number of methoxy groups -OCH3 is 1. The second-order valence-electron chi connectivity index (χ2n) is 4.35. The largest absolute Gasteiger partial charge is 0.503 e. The first-order valence-electron chi connectivity index (χ1n) is 6.28. The Bertz CT molecular complexity index is 685. The van der Waals surface area contributed by atoms with E-state index in [1.54, 1.807) is 36.5 Å². The van der Waals surface area contributed by atoms with Crippen LogP contribution >= 0.6 is 34.8 Å². The van der Waals surface area contributed by atoms with Crippen LogP contribution in [0, 0.1) is 0 Å². The van der Waals surface area contributed by atoms with Crippen molar-refractivity contribution in [1.82, 2.24) is 5.43 Å². The molecule has 0 fully saturated rings. The summed E-state index contributed by atoms with van der Waals surface area (Å²) in [6.45, 7) is 0.387. The molecule has 0 aliphatic heterocycles. The fraction of sp³-hybridized carbons (Fsp3) is 0.133. The Balaban J connectivity index is 2.06. The highest BCUT2D eigenvalue weighted by atomic mass is 35.5. The fourth-order valence-electron chi connectivity index (χ4n) is 1.77. The Hall–Kier alpha value is -1.62. The third-order valence-electron chi connectivity index (χ3n) is 2.89. The summed E-state index contributed by atoms with van der Waals surface area (Å²) in [6.07, 6.45) is 1.55. The monoisotopic (exact) mass is 358 g/mol. The Morgan fingerprint density at radius 2 is 1.86 bits per heavy atom. The predicted octanol–water partition coefficient (Wildman–Crippen LogP) is 4.48. The van der Waals surface area contributed by atoms with Gasteiger partial charge < -0.3 is 15.3 Å². The lowest BCUT2D eigenvalue weighted by atomic mass is 10.2. The summed E-state index contributed by atoms with van der Waals surface area (Å²) in [4.78, 5) is 0. The molecule has 0 aliphatic rings. The number of phenolic OH excluding ortho intramolecular Hbond substituents is 1. The second kappa shape index (κ2) is 7.58. The average Bonchev–Trinajstić information content (AvgIpc) is 2.49. The Kier molecular flexibility index (Phi) is 5.77. The summed E-state index contributed by atoms with van der Waals surface area (Å²) in [5, 5.41) is 15.1. The number of halogens is 3. The molecule has 0 amide bonds. The number of ether oxygens (including phenoxy) is 1. The van der Waals surface area contributed by atoms with Crippen molar-refractivity contribution >= 4 is 41.0 Å². The minimum Gasteiger partial charge on any atom is -0.503 e. The van der Waals surface area contributed by atoms with Crippen LogP contribution in [-0.2, 0) is 6.54 Å². The molecule has 22 heavy (non-hydrogen) atoms. The van der Waals surface area contributed by atoms with Crippen molar-refractivity contribution in [1.29, 1.82) is 0 Å². The molecule has 116 valence electrons. The first-order chi connectivity index (χ1) is 10.5. The van der Waals surface area contributed by atoms with Crippen LogP contribution in [0.5, 0.6) is 11.5 Å². The highest BCUT2D eigenvalue weighted by Crippen LogP contribution is 2.34. The molecule has 0 bridgehead atoms. The van der Waals surface area contributed by atoms with Gasteiger partial charge in [0, 0.05) is 15.6 Å². The SMILES string of the molecule is COc1cc(/C=N\NCc2c(Cl)cccc2Cl)cc(Cl)c1O. The van der Waals surface area contributed by atoms with Gasteiger partial charge in [0.15, 0.2) is 11.5 Å². The van der Waals surface area contributed by atoms with Crippen molar-refractivity contribution < 1.29 is 9.84 Å². The normalized spacial score (nSPS) is 10.9. The summed E-state index contributed by atoms with van der Waals surface area (Å²) >= 11 is 18.0. The number of nitrogens with one attached hydrogen (secondary N) is 1. The molecule has 2 N–H and O–H groups in total. The van der Waals surface area contributed by atoms with Gasteiger partial charge in [-0.15, -0.1) is 0 Å². The van der Waals surface area contributed by atoms with Gasteiger partial charge in [0.2, 0.25) is 0 Å². The molecule has 2 aromatic rings. The highest BCUT2D eigenvalue weighted by molar-refractivity contribution is 6.36. The minimum absolute atomic E-state index is 0.0999. The van der Waals surface area contributed by atoms with Crippen molar-refractivity contribution in [2.24, 2.45) is 5.10 Å². The van der Waals surface area contributed by atoms with E-state index in [1.165, 1.54) is 7.11 Å². The molecule has 0 saturated carbocycles. The van der Waals surface area contributed by atoms with Gasteiger partial charge in [0.1, 0.15) is 0 Å². The number of benzene rings is 2. The number of hydrogen-bond donors (Lipinski definition) is 2. The van der Waals surface area contributed by atoms with Crippen LogP contribution in [0.2, 0.25) is 15.1 Å². The van der Waals surface area contributed by atoms with Gasteiger partial charge in [-0.1, -0.05) is 40.9 Å². The van der Waals surface area contributed by atoms with Crippen LogP contribution in [0.3, 0.4) is 0 Å². The number of phenols is 1. The predicted molar refractivity (Wildman–Crippen MR) is 90.6 cm³/mol. The number of rotatable bonds is 5. The van der Waals surface area contributed by atoms with Gasteiger partial charge in [-0.05, 0) is 29.8 Å². The molecule has 0 aromatic heterocycles. The third kappa shape index (κ3) is 3.97. The van der Waals surface area contributed by atoms with E-state index in [9.17, 15) is 5.11 Å². The zero-order chi connectivity index (χ0) is 16.1. The molecule has 4 nitrogen and oxygen atoms in total. The quantitative estimate of drug-likeness (QED) is 0.611. The van der Waals surface area contributed by atoms with Gasteiger partial charge in [-0.25, -0.2) is 0 Å². The Morgan fingerprint density at radius 1 is 1.18 bits per heavy atom. The van der Waals surface area contributed by atoms with E-state index >= 15 is 0 Å². The minimum atomic E-state index is -0.0999. The van der Waals surface area contributed by atoms with Gasteiger partial charge in [-0.3, -0.25) is 0 Å². The van der Waals surface area contributed by atoms with Crippen molar-refractivity contribution in [2.45, 2.75) is 6.54 Å². The topological polar surface area (TPSA) is 53.8 Å². The second-order valence-corrected chi connectivity index (χ2v) is 5.57. The van der Waals surface area contributed by atoms with Gasteiger partial charge in [0.25, 0.3) is 0 Å². The molecule has 0 aliphatic carbocycles. The van der Waals surface area contributed by atoms with Crippen LogP contribution in [0.4, 0.5) is 0 Å². The first-order valence-corrected chi connectivity index (χ1v) is 7.41. The molecular formula is C15H13Cl3N2O2. The third-order valence-corrected chi connectivity index (χ3v) is 3.89. The van der Waals surface area contributed by atoms with Crippen molar-refractivity contribution in [3.05, 3.63) is 56.5 Å². The Morgan fingerprint density at radius 3 is 2.50 bits per heavy atom. The number of hydrazone groups is 1. The molecule has 0 atom stereocenters. The summed E-state index contributed by atoms with van der Waals surface area (Å²) < 4.78 is 5.02. The molecule has 2 rings (SSSR count). The van der Waals surface area contributed by atoms with Crippen LogP contribution in [0.1, 0.15) is 11.1 Å². The van der Waals surface area contributed by atoms with Crippen LogP contribution in [0.15, 0.2) is 35.4 Å². The van der Waals surface area contributed by atoms with Crippen molar-refractivity contribution in [3.63, 3.8) is 0 Å². The summed E-state index contributed by atoms with van der Waals surface area (Å²) in [7, 11) is 1.45. The van der Waals surface area contributed by atoms with E-state index in [0.29, 0.717) is 22.2 Å². The molecule has 2 aromatic carbocycles. The van der Waals surface area contributed by atoms with Crippen LogP contribution < -0.4 is 10.2 Å². The van der Waals surface area contributed by atoms with E-state index in [1.807, 2.05) is 0 Å². The summed E-state index contributed by atoms with van der Waals surface area (Å²) in [6, 6.07) is 8.50. The smallest absolute Gasteiger partial charge is 0.176 e. The average molecular weight is 360 g/mol. The molecular weight excluding hydrogens is 347 g/mol. The number of nitrogens with zero attached hydrogens (tertiary/aromatic N) is 1. The summed E-state index contributed by atoms with van der Waals surface area (Å²) in [5.74, 6) is 0.181. The van der Waals surface area contributed by atoms with E-state index < -0.39 is 0 Å². The van der Waals surface area contributed by atoms with Gasteiger partial charge in [-0.2, -0.15) is 5.10 Å². The fourth-order valence-corrected chi connectivity index (χ4v) is 2.52. The lowest BCUT2D eigenvalue weighted by Crippen LogP contribution is -2.06. The molecule has 0 heterocycles. The zero-order valence-electron chi connectivity index (χ0n) is 11.6. The number of aromatic hydroxyl groups is 1. The molecule has 7 heteroatoms. The van der Waals surface area contributed by atoms with Crippen LogP contribution in [-0.4, -0.2) is 18.4 Å². The standard InChI is InChI=1S/C15H13Cl3N2O2/c1-22-14-6-9(5-13(18)15(14)21)7-19-20-8-10-11(16)3-2-4-12(10)17/h2-7,20-21H,8H2,1H3/b19-7-.